The molecule has 5 heteroatoms. The highest BCUT2D eigenvalue weighted by molar-refractivity contribution is 5.80. The second-order valence-electron chi connectivity index (χ2n) is 5.31. The molecule has 4 nitrogen and oxygen atoms in total. The highest BCUT2D eigenvalue weighted by atomic mass is 19.1. The molecule has 0 aliphatic rings. The van der Waals surface area contributed by atoms with E-state index in [1.54, 1.807) is 19.1 Å². The van der Waals surface area contributed by atoms with Gasteiger partial charge in [-0.25, -0.2) is 4.39 Å². The van der Waals surface area contributed by atoms with Gasteiger partial charge in [0, 0.05) is 0 Å². The second-order valence-corrected chi connectivity index (χ2v) is 5.31. The van der Waals surface area contributed by atoms with Gasteiger partial charge in [0.25, 0.3) is 5.91 Å². The molecule has 128 valence electrons. The molecule has 0 aromatic heterocycles. The van der Waals surface area contributed by atoms with Crippen LogP contribution < -0.4 is 14.8 Å². The molecule has 0 bridgehead atoms. The molecule has 0 fully saturated rings. The monoisotopic (exact) mass is 331 g/mol. The maximum absolute atomic E-state index is 12.8. The van der Waals surface area contributed by atoms with Crippen molar-refractivity contribution in [1.29, 1.82) is 0 Å². The summed E-state index contributed by atoms with van der Waals surface area (Å²) in [5.41, 5.74) is 1.07. The summed E-state index contributed by atoms with van der Waals surface area (Å²) < 4.78 is 23.9. The van der Waals surface area contributed by atoms with Gasteiger partial charge in [-0.2, -0.15) is 0 Å². The fourth-order valence-electron chi connectivity index (χ4n) is 2.17. The fraction of sp³-hybridized carbons (Fsp3) is 0.316. The van der Waals surface area contributed by atoms with Crippen molar-refractivity contribution in [3.63, 3.8) is 0 Å². The van der Waals surface area contributed by atoms with Crippen LogP contribution in [0.1, 0.15) is 19.4 Å². The number of halogens is 1. The molecule has 0 aliphatic carbocycles. The van der Waals surface area contributed by atoms with Crippen molar-refractivity contribution in [1.82, 2.24) is 5.32 Å². The van der Waals surface area contributed by atoms with Crippen molar-refractivity contribution in [3.05, 3.63) is 59.9 Å². The van der Waals surface area contributed by atoms with Crippen LogP contribution in [0.5, 0.6) is 11.5 Å². The van der Waals surface area contributed by atoms with Gasteiger partial charge >= 0.3 is 0 Å². The Kier molecular flexibility index (Phi) is 6.61. The number of benzene rings is 2. The number of carbonyl (C=O) groups is 1. The smallest absolute Gasteiger partial charge is 0.260 e. The van der Waals surface area contributed by atoms with Crippen molar-refractivity contribution in [3.8, 4) is 11.5 Å². The third kappa shape index (κ3) is 5.26. The number of ether oxygens (including phenoxy) is 2. The van der Waals surface area contributed by atoms with Crippen LogP contribution in [-0.4, -0.2) is 25.2 Å². The Morgan fingerprint density at radius 2 is 1.88 bits per heavy atom. The van der Waals surface area contributed by atoms with Gasteiger partial charge < -0.3 is 14.8 Å². The molecular weight excluding hydrogens is 309 g/mol. The van der Waals surface area contributed by atoms with Crippen molar-refractivity contribution < 1.29 is 18.7 Å². The maximum atomic E-state index is 12.8. The summed E-state index contributed by atoms with van der Waals surface area (Å²) in [5.74, 6) is 0.773. The molecule has 0 spiro atoms. The number of rotatable bonds is 8. The second kappa shape index (κ2) is 8.91. The molecule has 0 saturated carbocycles. The van der Waals surface area contributed by atoms with Crippen molar-refractivity contribution >= 4 is 5.91 Å². The summed E-state index contributed by atoms with van der Waals surface area (Å²) in [4.78, 5) is 12.1. The Morgan fingerprint density at radius 3 is 2.58 bits per heavy atom. The van der Waals surface area contributed by atoms with Crippen LogP contribution in [0.25, 0.3) is 0 Å². The van der Waals surface area contributed by atoms with E-state index in [9.17, 15) is 9.18 Å². The van der Waals surface area contributed by atoms with Gasteiger partial charge in [0.1, 0.15) is 23.9 Å². The molecule has 0 saturated heterocycles. The molecule has 2 rings (SSSR count). The normalized spacial score (nSPS) is 11.6. The van der Waals surface area contributed by atoms with Gasteiger partial charge in [-0.3, -0.25) is 4.79 Å². The quantitative estimate of drug-likeness (QED) is 0.755. The summed E-state index contributed by atoms with van der Waals surface area (Å²) in [5, 5.41) is 2.76. The van der Waals surface area contributed by atoms with Crippen LogP contribution in [0.4, 0.5) is 4.39 Å². The molecule has 1 amide bonds. The number of hydrogen-bond acceptors (Lipinski definition) is 3. The summed E-state index contributed by atoms with van der Waals surface area (Å²) >= 11 is 0. The summed E-state index contributed by atoms with van der Waals surface area (Å²) in [6.45, 7) is 4.40. The van der Waals surface area contributed by atoms with E-state index >= 15 is 0 Å². The molecule has 1 N–H and O–H groups in total. The molecular formula is C19H22FNO3. The number of carbonyl (C=O) groups excluding carboxylic acids is 1. The van der Waals surface area contributed by atoms with Gasteiger partial charge in [-0.05, 0) is 49.2 Å². The van der Waals surface area contributed by atoms with E-state index in [0.717, 1.165) is 17.7 Å². The summed E-state index contributed by atoms with van der Waals surface area (Å²) in [7, 11) is 0. The topological polar surface area (TPSA) is 47.6 Å². The number of nitrogens with one attached hydrogen (secondary N) is 1. The predicted molar refractivity (Wildman–Crippen MR) is 90.8 cm³/mol. The lowest BCUT2D eigenvalue weighted by atomic mass is 10.1. The first-order valence-electron chi connectivity index (χ1n) is 8.00. The molecule has 2 aromatic carbocycles. The highest BCUT2D eigenvalue weighted by Crippen LogP contribution is 2.19. The standard InChI is InChI=1S/C19H22FNO3/c1-3-15-6-4-5-7-18(15)24-14(2)19(22)21-12-13-23-17-10-8-16(20)9-11-17/h4-11,14H,3,12-13H2,1-2H3,(H,21,22). The first-order chi connectivity index (χ1) is 11.6. The average molecular weight is 331 g/mol. The van der Waals surface area contributed by atoms with Crippen LogP contribution >= 0.6 is 0 Å². The van der Waals surface area contributed by atoms with Gasteiger partial charge in [-0.15, -0.1) is 0 Å². The number of para-hydroxylation sites is 1. The Morgan fingerprint density at radius 1 is 1.17 bits per heavy atom. The number of aryl methyl sites for hydroxylation is 1. The minimum Gasteiger partial charge on any atom is -0.492 e. The zero-order chi connectivity index (χ0) is 17.4. The van der Waals surface area contributed by atoms with Gasteiger partial charge in [0.2, 0.25) is 0 Å². The lowest BCUT2D eigenvalue weighted by Gasteiger charge is -2.17. The van der Waals surface area contributed by atoms with Crippen molar-refractivity contribution in [2.45, 2.75) is 26.4 Å². The molecule has 0 heterocycles. The van der Waals surface area contributed by atoms with E-state index in [1.807, 2.05) is 31.2 Å². The molecule has 0 radical (unpaired) electrons. The maximum Gasteiger partial charge on any atom is 0.260 e. The minimum absolute atomic E-state index is 0.205. The largest absolute Gasteiger partial charge is 0.492 e. The first-order valence-corrected chi connectivity index (χ1v) is 8.00. The van der Waals surface area contributed by atoms with E-state index in [4.69, 9.17) is 9.47 Å². The van der Waals surface area contributed by atoms with E-state index in [1.165, 1.54) is 12.1 Å². The molecule has 2 aromatic rings. The lowest BCUT2D eigenvalue weighted by molar-refractivity contribution is -0.127. The first kappa shape index (κ1) is 17.8. The zero-order valence-electron chi connectivity index (χ0n) is 13.9. The predicted octanol–water partition coefficient (Wildman–Crippen LogP) is 3.35. The third-order valence-corrected chi connectivity index (χ3v) is 3.51. The molecule has 24 heavy (non-hydrogen) atoms. The Balaban J connectivity index is 1.74. The molecule has 1 unspecified atom stereocenters. The zero-order valence-corrected chi connectivity index (χ0v) is 13.9. The van der Waals surface area contributed by atoms with Crippen molar-refractivity contribution in [2.75, 3.05) is 13.2 Å². The fourth-order valence-corrected chi connectivity index (χ4v) is 2.17. The SMILES string of the molecule is CCc1ccccc1OC(C)C(=O)NCCOc1ccc(F)cc1. The van der Waals surface area contributed by atoms with E-state index in [0.29, 0.717) is 18.9 Å². The molecule has 0 aliphatic heterocycles. The average Bonchev–Trinajstić information content (AvgIpc) is 2.60. The third-order valence-electron chi connectivity index (χ3n) is 3.51. The van der Waals surface area contributed by atoms with Crippen LogP contribution in [0, 0.1) is 5.82 Å². The van der Waals surface area contributed by atoms with Gasteiger partial charge in [0.05, 0.1) is 6.54 Å². The van der Waals surface area contributed by atoms with E-state index in [-0.39, 0.29) is 11.7 Å². The summed E-state index contributed by atoms with van der Waals surface area (Å²) in [6.07, 6.45) is 0.249. The van der Waals surface area contributed by atoms with Crippen LogP contribution in [-0.2, 0) is 11.2 Å². The Hall–Kier alpha value is -2.56. The minimum atomic E-state index is -0.594. The lowest BCUT2D eigenvalue weighted by Crippen LogP contribution is -2.38. The van der Waals surface area contributed by atoms with Crippen LogP contribution in [0.2, 0.25) is 0 Å². The number of amides is 1. The molecule has 1 atom stereocenters. The Labute approximate surface area is 141 Å². The number of hydrogen-bond donors (Lipinski definition) is 1. The van der Waals surface area contributed by atoms with Crippen LogP contribution in [0.3, 0.4) is 0 Å². The van der Waals surface area contributed by atoms with Crippen LogP contribution in [0.15, 0.2) is 48.5 Å². The van der Waals surface area contributed by atoms with Gasteiger partial charge in [0.15, 0.2) is 6.10 Å². The highest BCUT2D eigenvalue weighted by Gasteiger charge is 2.15. The Bertz CT molecular complexity index is 658. The van der Waals surface area contributed by atoms with E-state index < -0.39 is 6.10 Å². The van der Waals surface area contributed by atoms with E-state index in [2.05, 4.69) is 5.32 Å². The summed E-state index contributed by atoms with van der Waals surface area (Å²) in [6, 6.07) is 13.4. The van der Waals surface area contributed by atoms with Crippen molar-refractivity contribution in [2.24, 2.45) is 0 Å². The van der Waals surface area contributed by atoms with Gasteiger partial charge in [-0.1, -0.05) is 25.1 Å².